The van der Waals surface area contributed by atoms with Crippen molar-refractivity contribution in [2.24, 2.45) is 0 Å². The third-order valence-corrected chi connectivity index (χ3v) is 3.91. The third kappa shape index (κ3) is 3.71. The maximum Gasteiger partial charge on any atom is 0.306 e. The summed E-state index contributed by atoms with van der Waals surface area (Å²) in [7, 11) is 0. The van der Waals surface area contributed by atoms with Crippen molar-refractivity contribution in [3.8, 4) is 0 Å². The molecule has 0 aliphatic carbocycles. The molecule has 7 heteroatoms. The Morgan fingerprint density at radius 1 is 1.50 bits per heavy atom. The van der Waals surface area contributed by atoms with E-state index in [-0.39, 0.29) is 18.9 Å². The fourth-order valence-electron chi connectivity index (χ4n) is 2.05. The van der Waals surface area contributed by atoms with Gasteiger partial charge in [-0.2, -0.15) is 0 Å². The molecular weight excluding hydrogens is 350 g/mol. The number of amides is 1. The highest BCUT2D eigenvalue weighted by Gasteiger charge is 2.27. The second kappa shape index (κ2) is 6.56. The van der Waals surface area contributed by atoms with Gasteiger partial charge >= 0.3 is 5.97 Å². The lowest BCUT2D eigenvalue weighted by atomic mass is 10.1. The van der Waals surface area contributed by atoms with E-state index in [2.05, 4.69) is 15.9 Å². The maximum absolute atomic E-state index is 12.4. The average molecular weight is 363 g/mol. The van der Waals surface area contributed by atoms with Gasteiger partial charge in [-0.05, 0) is 34.1 Å². The van der Waals surface area contributed by atoms with Crippen LogP contribution in [0.5, 0.6) is 0 Å². The molecule has 20 heavy (non-hydrogen) atoms. The van der Waals surface area contributed by atoms with Gasteiger partial charge in [-0.3, -0.25) is 9.59 Å². The van der Waals surface area contributed by atoms with Gasteiger partial charge in [-0.15, -0.1) is 0 Å². The van der Waals surface area contributed by atoms with Gasteiger partial charge < -0.3 is 14.7 Å². The standard InChI is InChI=1S/C13H13BrClNO4/c14-11-2-1-8(15)5-10(11)13(19)16-3-4-20-9(7-16)6-12(17)18/h1-2,5,9H,3-4,6-7H2,(H,17,18)/t9-/m0/s1. The number of carbonyl (C=O) groups excluding carboxylic acids is 1. The zero-order valence-corrected chi connectivity index (χ0v) is 12.9. The summed E-state index contributed by atoms with van der Waals surface area (Å²) >= 11 is 9.22. The molecule has 108 valence electrons. The lowest BCUT2D eigenvalue weighted by molar-refractivity contribution is -0.141. The molecule has 0 radical (unpaired) electrons. The third-order valence-electron chi connectivity index (χ3n) is 2.99. The predicted molar refractivity (Wildman–Crippen MR) is 77.0 cm³/mol. The van der Waals surface area contributed by atoms with Crippen molar-refractivity contribution >= 4 is 39.4 Å². The molecule has 1 heterocycles. The molecule has 1 aliphatic heterocycles. The number of carboxylic acids is 1. The van der Waals surface area contributed by atoms with Crippen LogP contribution in [-0.2, 0) is 9.53 Å². The first-order valence-electron chi connectivity index (χ1n) is 6.05. The molecule has 1 saturated heterocycles. The number of benzene rings is 1. The van der Waals surface area contributed by atoms with Crippen LogP contribution in [0.2, 0.25) is 5.02 Å². The number of aliphatic carboxylic acids is 1. The normalized spacial score (nSPS) is 18.9. The summed E-state index contributed by atoms with van der Waals surface area (Å²) in [5, 5.41) is 9.26. The molecule has 1 N–H and O–H groups in total. The molecule has 0 bridgehead atoms. The van der Waals surface area contributed by atoms with Crippen LogP contribution in [0.15, 0.2) is 22.7 Å². The van der Waals surface area contributed by atoms with Crippen molar-refractivity contribution in [1.29, 1.82) is 0 Å². The molecule has 0 unspecified atom stereocenters. The average Bonchev–Trinajstić information content (AvgIpc) is 2.40. The van der Waals surface area contributed by atoms with Gasteiger partial charge in [0.15, 0.2) is 0 Å². The summed E-state index contributed by atoms with van der Waals surface area (Å²) in [6.45, 7) is 1.04. The van der Waals surface area contributed by atoms with Crippen LogP contribution >= 0.6 is 27.5 Å². The SMILES string of the molecule is O=C(O)C[C@H]1CN(C(=O)c2cc(Cl)ccc2Br)CCO1. The lowest BCUT2D eigenvalue weighted by Crippen LogP contribution is -2.46. The van der Waals surface area contributed by atoms with E-state index >= 15 is 0 Å². The Balaban J connectivity index is 2.12. The number of carboxylic acid groups (broad SMARTS) is 1. The Morgan fingerprint density at radius 3 is 2.95 bits per heavy atom. The molecule has 1 amide bonds. The summed E-state index contributed by atoms with van der Waals surface area (Å²) in [6, 6.07) is 5.00. The molecule has 0 spiro atoms. The molecule has 2 rings (SSSR count). The monoisotopic (exact) mass is 361 g/mol. The molecular formula is C13H13BrClNO4. The van der Waals surface area contributed by atoms with E-state index in [1.807, 2.05) is 0 Å². The topological polar surface area (TPSA) is 66.8 Å². The number of rotatable bonds is 3. The number of hydrogen-bond acceptors (Lipinski definition) is 3. The van der Waals surface area contributed by atoms with E-state index < -0.39 is 12.1 Å². The smallest absolute Gasteiger partial charge is 0.306 e. The minimum absolute atomic E-state index is 0.111. The van der Waals surface area contributed by atoms with Gasteiger partial charge in [-0.25, -0.2) is 0 Å². The van der Waals surface area contributed by atoms with Crippen LogP contribution in [0.4, 0.5) is 0 Å². The zero-order chi connectivity index (χ0) is 14.7. The van der Waals surface area contributed by atoms with E-state index in [0.717, 1.165) is 0 Å². The molecule has 1 aromatic carbocycles. The predicted octanol–water partition coefficient (Wildman–Crippen LogP) is 2.42. The molecule has 5 nitrogen and oxygen atoms in total. The van der Waals surface area contributed by atoms with Gasteiger partial charge in [0.2, 0.25) is 0 Å². The van der Waals surface area contributed by atoms with Crippen molar-refractivity contribution in [1.82, 2.24) is 4.90 Å². The van der Waals surface area contributed by atoms with Crippen LogP contribution in [0.25, 0.3) is 0 Å². The molecule has 1 aromatic rings. The Kier molecular flexibility index (Phi) is 5.01. The number of hydrogen-bond donors (Lipinski definition) is 1. The maximum atomic E-state index is 12.4. The van der Waals surface area contributed by atoms with Crippen LogP contribution in [-0.4, -0.2) is 47.7 Å². The van der Waals surface area contributed by atoms with Crippen molar-refractivity contribution < 1.29 is 19.4 Å². The molecule has 1 aliphatic rings. The fraction of sp³-hybridized carbons (Fsp3) is 0.385. The summed E-state index contributed by atoms with van der Waals surface area (Å²) in [6.07, 6.45) is -0.580. The highest BCUT2D eigenvalue weighted by molar-refractivity contribution is 9.10. The van der Waals surface area contributed by atoms with Crippen molar-refractivity contribution in [2.75, 3.05) is 19.7 Å². The first kappa shape index (κ1) is 15.3. The second-order valence-corrected chi connectivity index (χ2v) is 5.76. The first-order chi connectivity index (χ1) is 9.47. The van der Waals surface area contributed by atoms with Crippen molar-refractivity contribution in [3.63, 3.8) is 0 Å². The van der Waals surface area contributed by atoms with E-state index in [4.69, 9.17) is 21.4 Å². The summed E-state index contributed by atoms with van der Waals surface area (Å²) in [5.74, 6) is -1.12. The second-order valence-electron chi connectivity index (χ2n) is 4.47. The van der Waals surface area contributed by atoms with Crippen LogP contribution in [0.3, 0.4) is 0 Å². The summed E-state index contributed by atoms with van der Waals surface area (Å²) in [5.41, 5.74) is 0.466. The minimum atomic E-state index is -0.937. The zero-order valence-electron chi connectivity index (χ0n) is 10.5. The Hall–Kier alpha value is -1.11. The summed E-state index contributed by atoms with van der Waals surface area (Å²) in [4.78, 5) is 24.7. The van der Waals surface area contributed by atoms with Gasteiger partial charge in [0, 0.05) is 22.6 Å². The van der Waals surface area contributed by atoms with Gasteiger partial charge in [-0.1, -0.05) is 11.6 Å². The van der Waals surface area contributed by atoms with Gasteiger partial charge in [0.1, 0.15) is 0 Å². The van der Waals surface area contributed by atoms with Crippen molar-refractivity contribution in [3.05, 3.63) is 33.3 Å². The highest BCUT2D eigenvalue weighted by Crippen LogP contribution is 2.23. The molecule has 0 aromatic heterocycles. The molecule has 0 saturated carbocycles. The first-order valence-corrected chi connectivity index (χ1v) is 7.22. The minimum Gasteiger partial charge on any atom is -0.481 e. The van der Waals surface area contributed by atoms with Crippen LogP contribution in [0, 0.1) is 0 Å². The Bertz CT molecular complexity index is 537. The number of nitrogens with zero attached hydrogens (tertiary/aromatic N) is 1. The van der Waals surface area contributed by atoms with Gasteiger partial charge in [0.05, 0.1) is 24.7 Å². The number of carbonyl (C=O) groups is 2. The molecule has 1 atom stereocenters. The Morgan fingerprint density at radius 2 is 2.25 bits per heavy atom. The van der Waals surface area contributed by atoms with E-state index in [1.165, 1.54) is 0 Å². The van der Waals surface area contributed by atoms with E-state index in [1.54, 1.807) is 23.1 Å². The highest BCUT2D eigenvalue weighted by atomic mass is 79.9. The van der Waals surface area contributed by atoms with Gasteiger partial charge in [0.25, 0.3) is 5.91 Å². The van der Waals surface area contributed by atoms with Crippen LogP contribution < -0.4 is 0 Å². The number of ether oxygens (including phenoxy) is 1. The number of morpholine rings is 1. The lowest BCUT2D eigenvalue weighted by Gasteiger charge is -2.32. The largest absolute Gasteiger partial charge is 0.481 e. The van der Waals surface area contributed by atoms with E-state index in [9.17, 15) is 9.59 Å². The Labute approximate surface area is 129 Å². The molecule has 1 fully saturated rings. The quantitative estimate of drug-likeness (QED) is 0.897. The van der Waals surface area contributed by atoms with E-state index in [0.29, 0.717) is 28.2 Å². The fourth-order valence-corrected chi connectivity index (χ4v) is 2.64. The number of halogens is 2. The van der Waals surface area contributed by atoms with Crippen LogP contribution in [0.1, 0.15) is 16.8 Å². The van der Waals surface area contributed by atoms with Crippen molar-refractivity contribution in [2.45, 2.75) is 12.5 Å². The summed E-state index contributed by atoms with van der Waals surface area (Å²) < 4.78 is 6.01.